The molecule has 10 rings (SSSR count). The molecule has 0 unspecified atom stereocenters. The predicted octanol–water partition coefficient (Wildman–Crippen LogP) is 13.7. The summed E-state index contributed by atoms with van der Waals surface area (Å²) in [5.41, 5.74) is 19.7. The molecule has 0 saturated carbocycles. The fourth-order valence-electron chi connectivity index (χ4n) is 8.65. The average molecular weight is 705 g/mol. The first-order chi connectivity index (χ1) is 27.1. The van der Waals surface area contributed by atoms with Crippen molar-refractivity contribution in [3.05, 3.63) is 228 Å². The van der Waals surface area contributed by atoms with Gasteiger partial charge in [-0.1, -0.05) is 146 Å². The first-order valence-electron chi connectivity index (χ1n) is 19.1. The van der Waals surface area contributed by atoms with E-state index >= 15 is 0 Å². The zero-order valence-corrected chi connectivity index (χ0v) is 30.9. The molecule has 0 fully saturated rings. The fraction of sp³-hybridized carbons (Fsp3) is 0.0566. The standard InChI is InChI=1S/C53H40N2/c1-36-25-28-42(35-52(36)54(44-18-8-4-9-19-44)37(2)40-15-6-3-7-16-40)46-23-14-17-43-34-41-29-26-38(32-48(41)53(43)46)31-39-27-30-51-49(33-39)47-22-12-13-24-50(47)55(51)45-20-10-5-11-21-45/h3-30,32-33,35H,2,31,34H2,1H3. The normalized spacial score (nSPS) is 11.8. The lowest BCUT2D eigenvalue weighted by Crippen LogP contribution is -2.16. The van der Waals surface area contributed by atoms with Gasteiger partial charge in [-0.3, -0.25) is 0 Å². The van der Waals surface area contributed by atoms with Crippen molar-refractivity contribution in [2.75, 3.05) is 4.90 Å². The molecule has 8 aromatic carbocycles. The van der Waals surface area contributed by atoms with Crippen LogP contribution in [-0.4, -0.2) is 4.57 Å². The van der Waals surface area contributed by atoms with Gasteiger partial charge in [0.1, 0.15) is 0 Å². The lowest BCUT2D eigenvalue weighted by atomic mass is 9.91. The Labute approximate surface area is 322 Å². The molecule has 0 amide bonds. The summed E-state index contributed by atoms with van der Waals surface area (Å²) in [4.78, 5) is 2.30. The summed E-state index contributed by atoms with van der Waals surface area (Å²) >= 11 is 0. The summed E-state index contributed by atoms with van der Waals surface area (Å²) in [7, 11) is 0. The minimum atomic E-state index is 0.869. The van der Waals surface area contributed by atoms with E-state index in [1.165, 1.54) is 77.6 Å². The van der Waals surface area contributed by atoms with Crippen molar-refractivity contribution in [3.63, 3.8) is 0 Å². The summed E-state index contributed by atoms with van der Waals surface area (Å²) in [6, 6.07) is 68.4. The van der Waals surface area contributed by atoms with Gasteiger partial charge < -0.3 is 9.47 Å². The van der Waals surface area contributed by atoms with Crippen molar-refractivity contribution in [1.82, 2.24) is 4.57 Å². The second-order valence-corrected chi connectivity index (χ2v) is 14.7. The molecular formula is C53H40N2. The number of rotatable bonds is 8. The zero-order valence-electron chi connectivity index (χ0n) is 30.9. The quantitative estimate of drug-likeness (QED) is 0.153. The Bertz CT molecular complexity index is 2880. The summed E-state index contributed by atoms with van der Waals surface area (Å²) in [6.07, 6.45) is 1.82. The van der Waals surface area contributed by atoms with Crippen LogP contribution in [0.2, 0.25) is 0 Å². The minimum absolute atomic E-state index is 0.869. The van der Waals surface area contributed by atoms with Crippen molar-refractivity contribution in [2.45, 2.75) is 19.8 Å². The van der Waals surface area contributed by atoms with E-state index in [0.29, 0.717) is 0 Å². The maximum Gasteiger partial charge on any atom is 0.0541 e. The maximum atomic E-state index is 4.62. The molecule has 0 saturated heterocycles. The van der Waals surface area contributed by atoms with E-state index in [4.69, 9.17) is 0 Å². The van der Waals surface area contributed by atoms with E-state index in [-0.39, 0.29) is 0 Å². The van der Waals surface area contributed by atoms with Crippen LogP contribution in [0.4, 0.5) is 11.4 Å². The molecule has 0 aliphatic heterocycles. The van der Waals surface area contributed by atoms with E-state index in [1.807, 2.05) is 0 Å². The molecule has 0 spiro atoms. The van der Waals surface area contributed by atoms with Crippen LogP contribution in [0.15, 0.2) is 195 Å². The number of benzene rings is 8. The van der Waals surface area contributed by atoms with Gasteiger partial charge in [0.05, 0.1) is 11.0 Å². The van der Waals surface area contributed by atoms with Crippen LogP contribution >= 0.6 is 0 Å². The average Bonchev–Trinajstić information content (AvgIpc) is 3.78. The highest BCUT2D eigenvalue weighted by Crippen LogP contribution is 2.46. The zero-order chi connectivity index (χ0) is 36.9. The molecule has 262 valence electrons. The first-order valence-corrected chi connectivity index (χ1v) is 19.1. The number of aryl methyl sites for hydroxylation is 1. The number of anilines is 2. The topological polar surface area (TPSA) is 8.17 Å². The number of aromatic nitrogens is 1. The third kappa shape index (κ3) is 5.75. The van der Waals surface area contributed by atoms with Crippen molar-refractivity contribution in [2.24, 2.45) is 0 Å². The Kier molecular flexibility index (Phi) is 8.03. The van der Waals surface area contributed by atoms with E-state index in [1.54, 1.807) is 0 Å². The molecule has 0 N–H and O–H groups in total. The predicted molar refractivity (Wildman–Crippen MR) is 233 cm³/mol. The molecule has 1 heterocycles. The SMILES string of the molecule is C=C(c1ccccc1)N(c1ccccc1)c1cc(-c2cccc3c2-c2cc(Cc4ccc5c(c4)c4ccccc4n5-c4ccccc4)ccc2C3)ccc1C. The fourth-order valence-corrected chi connectivity index (χ4v) is 8.65. The van der Waals surface area contributed by atoms with E-state index < -0.39 is 0 Å². The van der Waals surface area contributed by atoms with Gasteiger partial charge in [0.25, 0.3) is 0 Å². The van der Waals surface area contributed by atoms with Crippen LogP contribution < -0.4 is 4.90 Å². The molecular weight excluding hydrogens is 665 g/mol. The third-order valence-corrected chi connectivity index (χ3v) is 11.3. The summed E-state index contributed by atoms with van der Waals surface area (Å²) in [5.74, 6) is 0. The molecule has 0 bridgehead atoms. The van der Waals surface area contributed by atoms with Crippen LogP contribution in [0, 0.1) is 6.92 Å². The van der Waals surface area contributed by atoms with Gasteiger partial charge in [0.15, 0.2) is 0 Å². The molecule has 9 aromatic rings. The van der Waals surface area contributed by atoms with Crippen LogP contribution in [0.1, 0.15) is 33.4 Å². The third-order valence-electron chi connectivity index (χ3n) is 11.3. The number of hydrogen-bond donors (Lipinski definition) is 0. The van der Waals surface area contributed by atoms with E-state index in [9.17, 15) is 0 Å². The molecule has 1 aromatic heterocycles. The van der Waals surface area contributed by atoms with Gasteiger partial charge in [-0.25, -0.2) is 0 Å². The Morgan fingerprint density at radius 2 is 1.25 bits per heavy atom. The van der Waals surface area contributed by atoms with Gasteiger partial charge in [-0.2, -0.15) is 0 Å². The molecule has 2 nitrogen and oxygen atoms in total. The maximum absolute atomic E-state index is 4.62. The van der Waals surface area contributed by atoms with Crippen LogP contribution in [0.5, 0.6) is 0 Å². The van der Waals surface area contributed by atoms with Gasteiger partial charge in [-0.15, -0.1) is 0 Å². The van der Waals surface area contributed by atoms with Gasteiger partial charge in [0, 0.05) is 33.5 Å². The molecule has 1 aliphatic carbocycles. The number of nitrogens with zero attached hydrogens (tertiary/aromatic N) is 2. The van der Waals surface area contributed by atoms with Gasteiger partial charge in [-0.05, 0) is 124 Å². The lowest BCUT2D eigenvalue weighted by Gasteiger charge is -2.29. The van der Waals surface area contributed by atoms with Gasteiger partial charge in [0.2, 0.25) is 0 Å². The van der Waals surface area contributed by atoms with Crippen molar-refractivity contribution in [3.8, 4) is 27.9 Å². The van der Waals surface area contributed by atoms with Gasteiger partial charge >= 0.3 is 0 Å². The second kappa shape index (κ2) is 13.5. The molecule has 0 radical (unpaired) electrons. The Morgan fingerprint density at radius 1 is 0.564 bits per heavy atom. The molecule has 55 heavy (non-hydrogen) atoms. The van der Waals surface area contributed by atoms with Crippen molar-refractivity contribution in [1.29, 1.82) is 0 Å². The van der Waals surface area contributed by atoms with Crippen LogP contribution in [0.3, 0.4) is 0 Å². The second-order valence-electron chi connectivity index (χ2n) is 14.7. The highest BCUT2D eigenvalue weighted by atomic mass is 15.1. The van der Waals surface area contributed by atoms with Crippen LogP contribution in [-0.2, 0) is 12.8 Å². The highest BCUT2D eigenvalue weighted by Gasteiger charge is 2.24. The minimum Gasteiger partial charge on any atom is -0.310 e. The highest BCUT2D eigenvalue weighted by molar-refractivity contribution is 6.09. The lowest BCUT2D eigenvalue weighted by molar-refractivity contribution is 1.17. The van der Waals surface area contributed by atoms with Crippen molar-refractivity contribution >= 4 is 38.9 Å². The number of hydrogen-bond acceptors (Lipinski definition) is 1. The molecule has 2 heteroatoms. The Hall–Kier alpha value is -6.90. The van der Waals surface area contributed by atoms with E-state index in [2.05, 4.69) is 211 Å². The number of fused-ring (bicyclic) bond motifs is 6. The monoisotopic (exact) mass is 704 g/mol. The molecule has 0 atom stereocenters. The Balaban J connectivity index is 1.03. The summed E-state index contributed by atoms with van der Waals surface area (Å²) < 4.78 is 2.38. The largest absolute Gasteiger partial charge is 0.310 e. The summed E-state index contributed by atoms with van der Waals surface area (Å²) in [6.45, 7) is 6.82. The molecule has 1 aliphatic rings. The smallest absolute Gasteiger partial charge is 0.0541 e. The summed E-state index contributed by atoms with van der Waals surface area (Å²) in [5, 5.41) is 2.58. The van der Waals surface area contributed by atoms with E-state index in [0.717, 1.165) is 35.5 Å². The Morgan fingerprint density at radius 3 is 2.07 bits per heavy atom. The first kappa shape index (κ1) is 32.7. The van der Waals surface area contributed by atoms with Crippen LogP contribution in [0.25, 0.3) is 55.4 Å². The van der Waals surface area contributed by atoms with Crippen molar-refractivity contribution < 1.29 is 0 Å². The number of para-hydroxylation sites is 3.